The number of nitrogens with two attached hydrogens (primary N) is 1. The molecule has 0 radical (unpaired) electrons. The Morgan fingerprint density at radius 1 is 1.27 bits per heavy atom. The Kier molecular flexibility index (Phi) is 3.93. The number of nitrogens with zero attached hydrogens (tertiary/aromatic N) is 1. The van der Waals surface area contributed by atoms with Crippen LogP contribution in [0.5, 0.6) is 5.75 Å². The number of methoxy groups -OCH3 is 1. The summed E-state index contributed by atoms with van der Waals surface area (Å²) in [6.45, 7) is 0. The molecule has 0 bridgehead atoms. The summed E-state index contributed by atoms with van der Waals surface area (Å²) in [5.74, 6) is 0.673. The van der Waals surface area contributed by atoms with Gasteiger partial charge < -0.3 is 15.8 Å². The van der Waals surface area contributed by atoms with Crippen LogP contribution in [-0.2, 0) is 11.2 Å². The third kappa shape index (κ3) is 3.17. The molecule has 3 rings (SSSR count). The van der Waals surface area contributed by atoms with Gasteiger partial charge in [0.2, 0.25) is 5.91 Å². The van der Waals surface area contributed by atoms with Gasteiger partial charge in [0.05, 0.1) is 23.7 Å². The molecule has 0 aliphatic carbocycles. The van der Waals surface area contributed by atoms with Crippen molar-refractivity contribution < 1.29 is 9.53 Å². The number of fused-ring (bicyclic) bond motifs is 1. The lowest BCUT2D eigenvalue weighted by atomic mass is 10.1. The van der Waals surface area contributed by atoms with E-state index in [4.69, 9.17) is 10.5 Å². The van der Waals surface area contributed by atoms with Crippen LogP contribution in [0.1, 0.15) is 5.56 Å². The van der Waals surface area contributed by atoms with Gasteiger partial charge in [0, 0.05) is 5.69 Å². The standard InChI is InChI=1S/C16H15N3O2S/c1-21-12-6-7-13-14(9-12)22-16(18-13)19-15(20)8-10-2-4-11(17)5-3-10/h2-7,9H,8,17H2,1H3,(H,18,19,20). The van der Waals surface area contributed by atoms with Crippen LogP contribution >= 0.6 is 11.3 Å². The summed E-state index contributed by atoms with van der Waals surface area (Å²) >= 11 is 1.43. The van der Waals surface area contributed by atoms with E-state index >= 15 is 0 Å². The number of nitrogen functional groups attached to an aromatic ring is 1. The summed E-state index contributed by atoms with van der Waals surface area (Å²) in [7, 11) is 1.62. The second-order valence-corrected chi connectivity index (χ2v) is 5.85. The van der Waals surface area contributed by atoms with Gasteiger partial charge in [-0.2, -0.15) is 0 Å². The zero-order valence-corrected chi connectivity index (χ0v) is 12.8. The highest BCUT2D eigenvalue weighted by atomic mass is 32.1. The van der Waals surface area contributed by atoms with Gasteiger partial charge in [0.1, 0.15) is 5.75 Å². The molecule has 0 fully saturated rings. The van der Waals surface area contributed by atoms with E-state index in [1.165, 1.54) is 11.3 Å². The number of benzene rings is 2. The Labute approximate surface area is 131 Å². The lowest BCUT2D eigenvalue weighted by Gasteiger charge is -2.02. The van der Waals surface area contributed by atoms with Gasteiger partial charge in [-0.15, -0.1) is 0 Å². The third-order valence-corrected chi connectivity index (χ3v) is 4.12. The van der Waals surface area contributed by atoms with Crippen molar-refractivity contribution in [2.75, 3.05) is 18.2 Å². The fourth-order valence-corrected chi connectivity index (χ4v) is 2.98. The van der Waals surface area contributed by atoms with Crippen molar-refractivity contribution in [1.82, 2.24) is 4.98 Å². The number of ether oxygens (including phenoxy) is 1. The number of hydrogen-bond donors (Lipinski definition) is 2. The SMILES string of the molecule is COc1ccc2nc(NC(=O)Cc3ccc(N)cc3)sc2c1. The van der Waals surface area contributed by atoms with Gasteiger partial charge in [-0.05, 0) is 35.9 Å². The van der Waals surface area contributed by atoms with Crippen molar-refractivity contribution in [3.8, 4) is 5.75 Å². The van der Waals surface area contributed by atoms with Crippen LogP contribution in [0.15, 0.2) is 42.5 Å². The van der Waals surface area contributed by atoms with Crippen LogP contribution in [0.3, 0.4) is 0 Å². The number of carbonyl (C=O) groups is 1. The fraction of sp³-hybridized carbons (Fsp3) is 0.125. The first-order valence-electron chi connectivity index (χ1n) is 6.73. The van der Waals surface area contributed by atoms with Crippen LogP contribution in [0.25, 0.3) is 10.2 Å². The molecule has 0 saturated heterocycles. The topological polar surface area (TPSA) is 77.2 Å². The first-order valence-corrected chi connectivity index (χ1v) is 7.54. The van der Waals surface area contributed by atoms with Crippen molar-refractivity contribution in [3.05, 3.63) is 48.0 Å². The van der Waals surface area contributed by atoms with Crippen LogP contribution in [0.2, 0.25) is 0 Å². The maximum absolute atomic E-state index is 12.1. The molecule has 0 saturated carbocycles. The quantitative estimate of drug-likeness (QED) is 0.726. The number of hydrogen-bond acceptors (Lipinski definition) is 5. The molecule has 0 aliphatic heterocycles. The van der Waals surface area contributed by atoms with Crippen molar-refractivity contribution in [3.63, 3.8) is 0 Å². The molecule has 0 spiro atoms. The second-order valence-electron chi connectivity index (χ2n) is 4.82. The van der Waals surface area contributed by atoms with E-state index in [-0.39, 0.29) is 5.91 Å². The van der Waals surface area contributed by atoms with Crippen LogP contribution in [-0.4, -0.2) is 18.0 Å². The Hall–Kier alpha value is -2.60. The predicted molar refractivity (Wildman–Crippen MR) is 89.4 cm³/mol. The summed E-state index contributed by atoms with van der Waals surface area (Å²) in [6.07, 6.45) is 0.291. The smallest absolute Gasteiger partial charge is 0.230 e. The molecule has 1 heterocycles. The highest BCUT2D eigenvalue weighted by molar-refractivity contribution is 7.22. The van der Waals surface area contributed by atoms with E-state index in [2.05, 4.69) is 10.3 Å². The molecule has 0 atom stereocenters. The lowest BCUT2D eigenvalue weighted by Crippen LogP contribution is -2.14. The summed E-state index contributed by atoms with van der Waals surface area (Å²) in [6, 6.07) is 12.9. The van der Waals surface area contributed by atoms with Crippen LogP contribution < -0.4 is 15.8 Å². The number of thiazole rings is 1. The number of anilines is 2. The molecule has 22 heavy (non-hydrogen) atoms. The highest BCUT2D eigenvalue weighted by Gasteiger charge is 2.09. The molecular weight excluding hydrogens is 298 g/mol. The highest BCUT2D eigenvalue weighted by Crippen LogP contribution is 2.29. The van der Waals surface area contributed by atoms with Gasteiger partial charge in [-0.1, -0.05) is 23.5 Å². The normalized spacial score (nSPS) is 10.6. The molecular formula is C16H15N3O2S. The summed E-state index contributed by atoms with van der Waals surface area (Å²) < 4.78 is 6.16. The molecule has 2 aromatic carbocycles. The molecule has 0 aliphatic rings. The zero-order chi connectivity index (χ0) is 15.5. The summed E-state index contributed by atoms with van der Waals surface area (Å²) in [4.78, 5) is 16.5. The zero-order valence-electron chi connectivity index (χ0n) is 12.0. The first kappa shape index (κ1) is 14.3. The Balaban J connectivity index is 1.72. The Morgan fingerprint density at radius 3 is 2.77 bits per heavy atom. The lowest BCUT2D eigenvalue weighted by molar-refractivity contribution is -0.115. The van der Waals surface area contributed by atoms with Gasteiger partial charge in [0.25, 0.3) is 0 Å². The minimum Gasteiger partial charge on any atom is -0.497 e. The van der Waals surface area contributed by atoms with Gasteiger partial charge in [-0.25, -0.2) is 4.98 Å². The van der Waals surface area contributed by atoms with Crippen molar-refractivity contribution in [2.45, 2.75) is 6.42 Å². The molecule has 0 unspecified atom stereocenters. The van der Waals surface area contributed by atoms with E-state index in [0.29, 0.717) is 17.2 Å². The van der Waals surface area contributed by atoms with Crippen molar-refractivity contribution >= 4 is 38.3 Å². The molecule has 112 valence electrons. The molecule has 5 nitrogen and oxygen atoms in total. The van der Waals surface area contributed by atoms with E-state index in [1.54, 1.807) is 19.2 Å². The van der Waals surface area contributed by atoms with Crippen LogP contribution in [0, 0.1) is 0 Å². The third-order valence-electron chi connectivity index (χ3n) is 3.19. The molecule has 3 N–H and O–H groups in total. The van der Waals surface area contributed by atoms with E-state index < -0.39 is 0 Å². The van der Waals surface area contributed by atoms with Crippen LogP contribution in [0.4, 0.5) is 10.8 Å². The number of aromatic nitrogens is 1. The fourth-order valence-electron chi connectivity index (χ4n) is 2.07. The monoisotopic (exact) mass is 313 g/mol. The predicted octanol–water partition coefficient (Wildman–Crippen LogP) is 3.07. The van der Waals surface area contributed by atoms with E-state index in [0.717, 1.165) is 21.5 Å². The minimum atomic E-state index is -0.101. The average Bonchev–Trinajstić information content (AvgIpc) is 2.90. The maximum atomic E-state index is 12.1. The molecule has 1 amide bonds. The summed E-state index contributed by atoms with van der Waals surface area (Å²) in [5.41, 5.74) is 8.07. The molecule has 6 heteroatoms. The van der Waals surface area contributed by atoms with Crippen molar-refractivity contribution in [1.29, 1.82) is 0 Å². The van der Waals surface area contributed by atoms with Gasteiger partial charge in [-0.3, -0.25) is 4.79 Å². The first-order chi connectivity index (χ1) is 10.6. The minimum absolute atomic E-state index is 0.101. The largest absolute Gasteiger partial charge is 0.497 e. The van der Waals surface area contributed by atoms with E-state index in [9.17, 15) is 4.79 Å². The Bertz CT molecular complexity index is 812. The molecule has 1 aromatic heterocycles. The molecule has 3 aromatic rings. The number of carbonyl (C=O) groups excluding carboxylic acids is 1. The van der Waals surface area contributed by atoms with Gasteiger partial charge >= 0.3 is 0 Å². The Morgan fingerprint density at radius 2 is 2.05 bits per heavy atom. The van der Waals surface area contributed by atoms with E-state index in [1.807, 2.05) is 30.3 Å². The van der Waals surface area contributed by atoms with Gasteiger partial charge in [0.15, 0.2) is 5.13 Å². The second kappa shape index (κ2) is 6.03. The summed E-state index contributed by atoms with van der Waals surface area (Å²) in [5, 5.41) is 3.42. The number of nitrogens with one attached hydrogen (secondary N) is 1. The number of rotatable bonds is 4. The average molecular weight is 313 g/mol. The number of amides is 1. The maximum Gasteiger partial charge on any atom is 0.230 e. The van der Waals surface area contributed by atoms with Crippen molar-refractivity contribution in [2.24, 2.45) is 0 Å².